The first-order valence-electron chi connectivity index (χ1n) is 11.2. The van der Waals surface area contributed by atoms with Crippen molar-refractivity contribution in [3.63, 3.8) is 0 Å². The van der Waals surface area contributed by atoms with Crippen LogP contribution in [-0.2, 0) is 9.59 Å². The van der Waals surface area contributed by atoms with E-state index in [-0.39, 0.29) is 37.2 Å². The number of hydrogen-bond donors (Lipinski definition) is 0. The Kier molecular flexibility index (Phi) is 4.86. The Hall–Kier alpha value is -3.68. The third-order valence-corrected chi connectivity index (χ3v) is 6.65. The zero-order chi connectivity index (χ0) is 22.4. The summed E-state index contributed by atoms with van der Waals surface area (Å²) in [6.45, 7) is 2.68. The van der Waals surface area contributed by atoms with Gasteiger partial charge in [0.15, 0.2) is 23.0 Å². The summed E-state index contributed by atoms with van der Waals surface area (Å²) in [5, 5.41) is 0. The Labute approximate surface area is 191 Å². The van der Waals surface area contributed by atoms with Crippen molar-refractivity contribution in [2.75, 3.05) is 39.8 Å². The van der Waals surface area contributed by atoms with Crippen molar-refractivity contribution in [1.82, 2.24) is 9.80 Å². The normalized spacial score (nSPS) is 22.7. The van der Waals surface area contributed by atoms with Crippen LogP contribution in [0.25, 0.3) is 6.08 Å². The highest BCUT2D eigenvalue weighted by molar-refractivity contribution is 5.92. The first-order chi connectivity index (χ1) is 16.2. The van der Waals surface area contributed by atoms with Gasteiger partial charge in [0.1, 0.15) is 0 Å². The van der Waals surface area contributed by atoms with E-state index in [9.17, 15) is 9.59 Å². The van der Waals surface area contributed by atoms with Gasteiger partial charge in [0.25, 0.3) is 0 Å². The molecule has 2 unspecified atom stereocenters. The van der Waals surface area contributed by atoms with Gasteiger partial charge in [0.05, 0.1) is 0 Å². The maximum Gasteiger partial charge on any atom is 0.246 e. The number of nitrogens with zero attached hydrogens (tertiary/aromatic N) is 2. The van der Waals surface area contributed by atoms with E-state index in [1.165, 1.54) is 0 Å². The molecule has 2 aromatic carbocycles. The number of piperazine rings is 1. The maximum atomic E-state index is 13.0. The van der Waals surface area contributed by atoms with Gasteiger partial charge in [-0.3, -0.25) is 9.59 Å². The summed E-state index contributed by atoms with van der Waals surface area (Å²) in [6.07, 6.45) is 4.21. The Balaban J connectivity index is 1.01. The molecular weight excluding hydrogens is 424 g/mol. The molecule has 2 aromatic rings. The molecule has 1 saturated heterocycles. The Bertz CT molecular complexity index is 1140. The van der Waals surface area contributed by atoms with Crippen LogP contribution in [0.3, 0.4) is 0 Å². The molecule has 2 amide bonds. The molecule has 1 aliphatic carbocycles. The summed E-state index contributed by atoms with van der Waals surface area (Å²) in [6, 6.07) is 11.5. The average molecular weight is 448 g/mol. The molecule has 0 N–H and O–H groups in total. The third-order valence-electron chi connectivity index (χ3n) is 6.65. The van der Waals surface area contributed by atoms with Crippen LogP contribution >= 0.6 is 0 Å². The van der Waals surface area contributed by atoms with Crippen molar-refractivity contribution in [2.45, 2.75) is 12.3 Å². The second kappa shape index (κ2) is 8.03. The molecule has 8 heteroatoms. The molecule has 3 heterocycles. The predicted octanol–water partition coefficient (Wildman–Crippen LogP) is 2.63. The summed E-state index contributed by atoms with van der Waals surface area (Å²) in [4.78, 5) is 29.3. The fraction of sp³-hybridized carbons (Fsp3) is 0.360. The van der Waals surface area contributed by atoms with Crippen LogP contribution in [0.4, 0.5) is 0 Å². The minimum atomic E-state index is -0.0515. The lowest BCUT2D eigenvalue weighted by molar-refractivity contribution is -0.138. The quantitative estimate of drug-likeness (QED) is 0.670. The molecule has 4 aliphatic rings. The molecular formula is C25H24N2O6. The molecule has 0 spiro atoms. The molecule has 8 nitrogen and oxygen atoms in total. The van der Waals surface area contributed by atoms with Crippen LogP contribution in [0.1, 0.15) is 23.5 Å². The predicted molar refractivity (Wildman–Crippen MR) is 118 cm³/mol. The highest BCUT2D eigenvalue weighted by Gasteiger charge is 2.46. The number of ether oxygens (including phenoxy) is 4. The van der Waals surface area contributed by atoms with E-state index in [0.29, 0.717) is 31.9 Å². The van der Waals surface area contributed by atoms with Crippen LogP contribution in [0.15, 0.2) is 42.5 Å². The average Bonchev–Trinajstić information content (AvgIpc) is 3.27. The van der Waals surface area contributed by atoms with Crippen molar-refractivity contribution >= 4 is 17.9 Å². The topological polar surface area (TPSA) is 77.5 Å². The first-order valence-corrected chi connectivity index (χ1v) is 11.2. The molecule has 0 aromatic heterocycles. The number of benzene rings is 2. The van der Waals surface area contributed by atoms with Gasteiger partial charge >= 0.3 is 0 Å². The summed E-state index contributed by atoms with van der Waals surface area (Å²) < 4.78 is 21.5. The number of rotatable bonds is 4. The van der Waals surface area contributed by atoms with Gasteiger partial charge in [0.2, 0.25) is 25.4 Å². The van der Waals surface area contributed by atoms with E-state index in [4.69, 9.17) is 18.9 Å². The van der Waals surface area contributed by atoms with E-state index in [1.54, 1.807) is 17.1 Å². The minimum absolute atomic E-state index is 0.0125. The number of amides is 2. The molecule has 0 radical (unpaired) electrons. The molecule has 6 rings (SSSR count). The summed E-state index contributed by atoms with van der Waals surface area (Å²) >= 11 is 0. The zero-order valence-electron chi connectivity index (χ0n) is 18.1. The van der Waals surface area contributed by atoms with Gasteiger partial charge in [-0.15, -0.1) is 0 Å². The molecule has 2 fully saturated rings. The van der Waals surface area contributed by atoms with Crippen LogP contribution < -0.4 is 18.9 Å². The van der Waals surface area contributed by atoms with Gasteiger partial charge < -0.3 is 28.7 Å². The largest absolute Gasteiger partial charge is 0.454 e. The Morgan fingerprint density at radius 2 is 1.42 bits per heavy atom. The van der Waals surface area contributed by atoms with Gasteiger partial charge in [-0.2, -0.15) is 0 Å². The van der Waals surface area contributed by atoms with Crippen LogP contribution in [-0.4, -0.2) is 61.4 Å². The lowest BCUT2D eigenvalue weighted by atomic mass is 10.1. The first kappa shape index (κ1) is 20.0. The third kappa shape index (κ3) is 3.86. The zero-order valence-corrected chi connectivity index (χ0v) is 18.1. The number of hydrogen-bond acceptors (Lipinski definition) is 6. The van der Waals surface area contributed by atoms with Gasteiger partial charge in [-0.05, 0) is 53.8 Å². The lowest BCUT2D eigenvalue weighted by Gasteiger charge is -2.34. The van der Waals surface area contributed by atoms with Gasteiger partial charge in [-0.1, -0.05) is 12.1 Å². The molecule has 1 saturated carbocycles. The number of fused-ring (bicyclic) bond motifs is 2. The van der Waals surface area contributed by atoms with E-state index in [0.717, 1.165) is 34.8 Å². The fourth-order valence-corrected chi connectivity index (χ4v) is 4.65. The Morgan fingerprint density at radius 1 is 0.788 bits per heavy atom. The van der Waals surface area contributed by atoms with E-state index >= 15 is 0 Å². The second-order valence-corrected chi connectivity index (χ2v) is 8.66. The monoisotopic (exact) mass is 448 g/mol. The van der Waals surface area contributed by atoms with E-state index in [2.05, 4.69) is 0 Å². The second-order valence-electron chi connectivity index (χ2n) is 8.66. The minimum Gasteiger partial charge on any atom is -0.454 e. The molecule has 3 aliphatic heterocycles. The highest BCUT2D eigenvalue weighted by Crippen LogP contribution is 2.50. The van der Waals surface area contributed by atoms with E-state index in [1.807, 2.05) is 41.3 Å². The van der Waals surface area contributed by atoms with Crippen molar-refractivity contribution in [1.29, 1.82) is 0 Å². The fourth-order valence-electron chi connectivity index (χ4n) is 4.65. The van der Waals surface area contributed by atoms with Crippen molar-refractivity contribution < 1.29 is 28.5 Å². The van der Waals surface area contributed by atoms with Gasteiger partial charge in [0, 0.05) is 38.2 Å². The SMILES string of the molecule is O=C(/C=C/c1ccc2c(c1)OCO2)N1CCN(C(=O)C2CC2c2ccc3c(c2)OCO3)CC1. The summed E-state index contributed by atoms with van der Waals surface area (Å²) in [5.74, 6) is 3.30. The molecule has 170 valence electrons. The van der Waals surface area contributed by atoms with Crippen molar-refractivity contribution in [3.8, 4) is 23.0 Å². The maximum absolute atomic E-state index is 13.0. The van der Waals surface area contributed by atoms with Crippen molar-refractivity contribution in [3.05, 3.63) is 53.6 Å². The molecule has 33 heavy (non-hydrogen) atoms. The Morgan fingerprint density at radius 3 is 2.18 bits per heavy atom. The van der Waals surface area contributed by atoms with Gasteiger partial charge in [-0.25, -0.2) is 0 Å². The van der Waals surface area contributed by atoms with Crippen LogP contribution in [0, 0.1) is 5.92 Å². The number of carbonyl (C=O) groups is 2. The smallest absolute Gasteiger partial charge is 0.246 e. The lowest BCUT2D eigenvalue weighted by Crippen LogP contribution is -2.50. The summed E-state index contributed by atoms with van der Waals surface area (Å²) in [5.41, 5.74) is 2.00. The van der Waals surface area contributed by atoms with Crippen molar-refractivity contribution in [2.24, 2.45) is 5.92 Å². The van der Waals surface area contributed by atoms with E-state index < -0.39 is 0 Å². The molecule has 0 bridgehead atoms. The molecule has 2 atom stereocenters. The van der Waals surface area contributed by atoms with Crippen LogP contribution in [0.5, 0.6) is 23.0 Å². The summed E-state index contributed by atoms with van der Waals surface area (Å²) in [7, 11) is 0. The van der Waals surface area contributed by atoms with Crippen LogP contribution in [0.2, 0.25) is 0 Å². The highest BCUT2D eigenvalue weighted by atomic mass is 16.7. The standard InChI is InChI=1S/C25H24N2O6/c28-24(6-2-16-1-4-20-22(11-16)32-14-30-20)26-7-9-27(10-8-26)25(29)19-13-18(19)17-3-5-21-23(12-17)33-15-31-21/h1-6,11-12,18-19H,7-10,13-15H2/b6-2+. The number of carbonyl (C=O) groups excluding carboxylic acids is 2.